The lowest BCUT2D eigenvalue weighted by molar-refractivity contribution is 0.340. The standard InChI is InChI=1S/C17H18Br2O/c1-4-20-14-7-8-15(16(18)10-14)17(19)13-6-5-11(2)12(3)9-13/h5-10,17H,4H2,1-3H3. The first-order valence-corrected chi connectivity index (χ1v) is 8.37. The molecule has 0 amide bonds. The summed E-state index contributed by atoms with van der Waals surface area (Å²) in [6.45, 7) is 6.95. The molecule has 106 valence electrons. The van der Waals surface area contributed by atoms with Gasteiger partial charge in [-0.15, -0.1) is 0 Å². The van der Waals surface area contributed by atoms with Crippen molar-refractivity contribution in [3.8, 4) is 5.75 Å². The number of benzene rings is 2. The minimum absolute atomic E-state index is 0.173. The highest BCUT2D eigenvalue weighted by Gasteiger charge is 2.14. The Morgan fingerprint density at radius 1 is 1.05 bits per heavy atom. The quantitative estimate of drug-likeness (QED) is 0.579. The Morgan fingerprint density at radius 3 is 2.40 bits per heavy atom. The Hall–Kier alpha value is -0.800. The fourth-order valence-corrected chi connectivity index (χ4v) is 3.65. The molecule has 0 aliphatic heterocycles. The number of hydrogen-bond acceptors (Lipinski definition) is 1. The van der Waals surface area contributed by atoms with Gasteiger partial charge in [0.05, 0.1) is 11.4 Å². The molecule has 0 radical (unpaired) electrons. The smallest absolute Gasteiger partial charge is 0.120 e. The van der Waals surface area contributed by atoms with Crippen LogP contribution in [0, 0.1) is 13.8 Å². The van der Waals surface area contributed by atoms with E-state index >= 15 is 0 Å². The summed E-state index contributed by atoms with van der Waals surface area (Å²) in [5, 5.41) is 0. The van der Waals surface area contributed by atoms with Gasteiger partial charge < -0.3 is 4.74 Å². The van der Waals surface area contributed by atoms with Gasteiger partial charge >= 0.3 is 0 Å². The van der Waals surface area contributed by atoms with Crippen molar-refractivity contribution in [1.82, 2.24) is 0 Å². The monoisotopic (exact) mass is 396 g/mol. The molecule has 0 spiro atoms. The van der Waals surface area contributed by atoms with E-state index in [1.807, 2.05) is 19.1 Å². The summed E-state index contributed by atoms with van der Waals surface area (Å²) in [4.78, 5) is 0.173. The summed E-state index contributed by atoms with van der Waals surface area (Å²) in [6, 6.07) is 12.7. The molecule has 0 saturated heterocycles. The minimum atomic E-state index is 0.173. The number of hydrogen-bond donors (Lipinski definition) is 0. The third-order valence-electron chi connectivity index (χ3n) is 3.38. The van der Waals surface area contributed by atoms with Crippen LogP contribution in [0.5, 0.6) is 5.75 Å². The Bertz CT molecular complexity index is 608. The number of alkyl halides is 1. The molecule has 0 bridgehead atoms. The molecular formula is C17H18Br2O. The molecular weight excluding hydrogens is 380 g/mol. The van der Waals surface area contributed by atoms with Crippen molar-refractivity contribution in [3.63, 3.8) is 0 Å². The summed E-state index contributed by atoms with van der Waals surface area (Å²) >= 11 is 7.43. The zero-order valence-corrected chi connectivity index (χ0v) is 15.1. The summed E-state index contributed by atoms with van der Waals surface area (Å²) in [7, 11) is 0. The molecule has 0 heterocycles. The number of ether oxygens (including phenoxy) is 1. The van der Waals surface area contributed by atoms with E-state index in [1.165, 1.54) is 22.3 Å². The third kappa shape index (κ3) is 3.44. The molecule has 0 fully saturated rings. The topological polar surface area (TPSA) is 9.23 Å². The van der Waals surface area contributed by atoms with Crippen LogP contribution in [-0.2, 0) is 0 Å². The summed E-state index contributed by atoms with van der Waals surface area (Å²) in [6.07, 6.45) is 0. The molecule has 1 nitrogen and oxygen atoms in total. The first-order valence-electron chi connectivity index (χ1n) is 6.66. The zero-order valence-electron chi connectivity index (χ0n) is 11.9. The first kappa shape index (κ1) is 15.6. The average Bonchev–Trinajstić information content (AvgIpc) is 2.42. The van der Waals surface area contributed by atoms with Crippen LogP contribution in [-0.4, -0.2) is 6.61 Å². The maximum Gasteiger partial charge on any atom is 0.120 e. The van der Waals surface area contributed by atoms with Crippen LogP contribution < -0.4 is 4.74 Å². The zero-order chi connectivity index (χ0) is 14.7. The number of rotatable bonds is 4. The van der Waals surface area contributed by atoms with Crippen molar-refractivity contribution in [2.45, 2.75) is 25.6 Å². The predicted molar refractivity (Wildman–Crippen MR) is 92.0 cm³/mol. The van der Waals surface area contributed by atoms with E-state index in [4.69, 9.17) is 4.74 Å². The second kappa shape index (κ2) is 6.77. The van der Waals surface area contributed by atoms with E-state index in [1.54, 1.807) is 0 Å². The Kier molecular flexibility index (Phi) is 5.28. The van der Waals surface area contributed by atoms with Crippen molar-refractivity contribution in [1.29, 1.82) is 0 Å². The van der Waals surface area contributed by atoms with Gasteiger partial charge in [-0.3, -0.25) is 0 Å². The van der Waals surface area contributed by atoms with Crippen LogP contribution in [0.1, 0.15) is 34.0 Å². The number of halogens is 2. The van der Waals surface area contributed by atoms with Crippen LogP contribution in [0.2, 0.25) is 0 Å². The van der Waals surface area contributed by atoms with Gasteiger partial charge in [0.2, 0.25) is 0 Å². The second-order valence-corrected chi connectivity index (χ2v) is 6.59. The highest BCUT2D eigenvalue weighted by molar-refractivity contribution is 9.11. The van der Waals surface area contributed by atoms with Gasteiger partial charge in [0.1, 0.15) is 5.75 Å². The van der Waals surface area contributed by atoms with Crippen LogP contribution in [0.3, 0.4) is 0 Å². The fourth-order valence-electron chi connectivity index (χ4n) is 2.07. The summed E-state index contributed by atoms with van der Waals surface area (Å²) in [5.41, 5.74) is 5.10. The molecule has 0 saturated carbocycles. The van der Waals surface area contributed by atoms with E-state index in [0.29, 0.717) is 6.61 Å². The highest BCUT2D eigenvalue weighted by Crippen LogP contribution is 2.37. The molecule has 0 aliphatic rings. The largest absolute Gasteiger partial charge is 0.494 e. The average molecular weight is 398 g/mol. The summed E-state index contributed by atoms with van der Waals surface area (Å²) in [5.74, 6) is 0.892. The molecule has 2 rings (SSSR count). The first-order chi connectivity index (χ1) is 9.52. The maximum atomic E-state index is 5.52. The molecule has 3 heteroatoms. The van der Waals surface area contributed by atoms with Crippen LogP contribution in [0.4, 0.5) is 0 Å². The molecule has 0 N–H and O–H groups in total. The van der Waals surface area contributed by atoms with Gasteiger partial charge in [-0.05, 0) is 55.2 Å². The Balaban J connectivity index is 2.32. The van der Waals surface area contributed by atoms with Crippen molar-refractivity contribution in [2.75, 3.05) is 6.61 Å². The molecule has 0 aromatic heterocycles. The van der Waals surface area contributed by atoms with E-state index < -0.39 is 0 Å². The fraction of sp³-hybridized carbons (Fsp3) is 0.294. The lowest BCUT2D eigenvalue weighted by Gasteiger charge is -2.15. The van der Waals surface area contributed by atoms with Gasteiger partial charge in [0.25, 0.3) is 0 Å². The Labute approximate surface area is 137 Å². The van der Waals surface area contributed by atoms with Crippen molar-refractivity contribution in [3.05, 3.63) is 63.1 Å². The second-order valence-electron chi connectivity index (χ2n) is 4.82. The van der Waals surface area contributed by atoms with Gasteiger partial charge in [0, 0.05) is 4.47 Å². The lowest BCUT2D eigenvalue weighted by atomic mass is 10.0. The summed E-state index contributed by atoms with van der Waals surface area (Å²) < 4.78 is 6.58. The lowest BCUT2D eigenvalue weighted by Crippen LogP contribution is -1.97. The van der Waals surface area contributed by atoms with E-state index in [0.717, 1.165) is 10.2 Å². The molecule has 2 aromatic rings. The van der Waals surface area contributed by atoms with Crippen molar-refractivity contribution < 1.29 is 4.74 Å². The molecule has 1 unspecified atom stereocenters. The van der Waals surface area contributed by atoms with Crippen LogP contribution in [0.15, 0.2) is 40.9 Å². The normalized spacial score (nSPS) is 12.2. The minimum Gasteiger partial charge on any atom is -0.494 e. The van der Waals surface area contributed by atoms with Gasteiger partial charge in [-0.25, -0.2) is 0 Å². The van der Waals surface area contributed by atoms with Gasteiger partial charge in [-0.2, -0.15) is 0 Å². The van der Waals surface area contributed by atoms with Crippen LogP contribution >= 0.6 is 31.9 Å². The van der Waals surface area contributed by atoms with Crippen LogP contribution in [0.25, 0.3) is 0 Å². The molecule has 0 aliphatic carbocycles. The van der Waals surface area contributed by atoms with E-state index in [-0.39, 0.29) is 4.83 Å². The third-order valence-corrected chi connectivity index (χ3v) is 5.09. The maximum absolute atomic E-state index is 5.52. The van der Waals surface area contributed by atoms with E-state index in [9.17, 15) is 0 Å². The molecule has 1 atom stereocenters. The van der Waals surface area contributed by atoms with Crippen molar-refractivity contribution in [2.24, 2.45) is 0 Å². The highest BCUT2D eigenvalue weighted by atomic mass is 79.9. The number of aryl methyl sites for hydroxylation is 2. The SMILES string of the molecule is CCOc1ccc(C(Br)c2ccc(C)c(C)c2)c(Br)c1. The van der Waals surface area contributed by atoms with E-state index in [2.05, 4.69) is 70.0 Å². The van der Waals surface area contributed by atoms with Gasteiger partial charge in [0.15, 0.2) is 0 Å². The predicted octanol–water partition coefficient (Wildman–Crippen LogP) is 5.95. The molecule has 20 heavy (non-hydrogen) atoms. The molecule has 2 aromatic carbocycles. The Morgan fingerprint density at radius 2 is 1.80 bits per heavy atom. The van der Waals surface area contributed by atoms with Gasteiger partial charge in [-0.1, -0.05) is 56.1 Å². The van der Waals surface area contributed by atoms with Crippen molar-refractivity contribution >= 4 is 31.9 Å².